The molecule has 0 heterocycles. The Labute approximate surface area is 120 Å². The van der Waals surface area contributed by atoms with Crippen molar-refractivity contribution in [2.75, 3.05) is 46.6 Å². The lowest BCUT2D eigenvalue weighted by Gasteiger charge is -2.13. The molecule has 0 saturated carbocycles. The summed E-state index contributed by atoms with van der Waals surface area (Å²) in [6.45, 7) is 3.58. The highest BCUT2D eigenvalue weighted by atomic mass is 16.5. The number of hydrogen-bond acceptors (Lipinski definition) is 5. The molecule has 0 aliphatic carbocycles. The normalized spacial score (nSPS) is 12.3. The molecule has 2 N–H and O–H groups in total. The number of rotatable bonds is 12. The van der Waals surface area contributed by atoms with Crippen molar-refractivity contribution in [1.82, 2.24) is 5.32 Å². The highest BCUT2D eigenvalue weighted by Gasteiger charge is 2.04. The monoisotopic (exact) mass is 283 g/mol. The summed E-state index contributed by atoms with van der Waals surface area (Å²) in [5.74, 6) is 0.776. The van der Waals surface area contributed by atoms with Crippen LogP contribution in [0.3, 0.4) is 0 Å². The zero-order chi connectivity index (χ0) is 14.5. The Morgan fingerprint density at radius 2 is 1.95 bits per heavy atom. The molecular weight excluding hydrogens is 258 g/mol. The fourth-order valence-electron chi connectivity index (χ4n) is 1.58. The number of para-hydroxylation sites is 1. The Hall–Kier alpha value is -1.14. The summed E-state index contributed by atoms with van der Waals surface area (Å²) < 4.78 is 15.7. The van der Waals surface area contributed by atoms with Crippen LogP contribution in [-0.4, -0.2) is 57.8 Å². The van der Waals surface area contributed by atoms with Crippen LogP contribution in [0.4, 0.5) is 0 Å². The van der Waals surface area contributed by atoms with E-state index in [1.165, 1.54) is 0 Å². The van der Waals surface area contributed by atoms with Gasteiger partial charge in [-0.1, -0.05) is 18.2 Å². The third-order valence-electron chi connectivity index (χ3n) is 2.64. The van der Waals surface area contributed by atoms with Gasteiger partial charge in [0.25, 0.3) is 0 Å². The summed E-state index contributed by atoms with van der Waals surface area (Å²) in [7, 11) is 1.66. The SMILES string of the molecule is COCCOCCCNCC(O)COc1ccccc1. The zero-order valence-electron chi connectivity index (χ0n) is 12.1. The Kier molecular flexibility index (Phi) is 9.87. The topological polar surface area (TPSA) is 60.0 Å². The van der Waals surface area contributed by atoms with E-state index in [2.05, 4.69) is 5.32 Å². The van der Waals surface area contributed by atoms with E-state index in [4.69, 9.17) is 14.2 Å². The number of nitrogens with one attached hydrogen (secondary N) is 1. The van der Waals surface area contributed by atoms with Crippen molar-refractivity contribution < 1.29 is 19.3 Å². The molecule has 5 heteroatoms. The van der Waals surface area contributed by atoms with Gasteiger partial charge >= 0.3 is 0 Å². The largest absolute Gasteiger partial charge is 0.491 e. The number of methoxy groups -OCH3 is 1. The molecule has 0 fully saturated rings. The maximum Gasteiger partial charge on any atom is 0.119 e. The zero-order valence-corrected chi connectivity index (χ0v) is 12.1. The number of hydrogen-bond donors (Lipinski definition) is 2. The fourth-order valence-corrected chi connectivity index (χ4v) is 1.58. The average Bonchev–Trinajstić information content (AvgIpc) is 2.49. The van der Waals surface area contributed by atoms with E-state index in [1.807, 2.05) is 30.3 Å². The molecule has 0 saturated heterocycles. The maximum absolute atomic E-state index is 9.75. The Morgan fingerprint density at radius 3 is 2.70 bits per heavy atom. The van der Waals surface area contributed by atoms with Gasteiger partial charge in [-0.3, -0.25) is 0 Å². The summed E-state index contributed by atoms with van der Waals surface area (Å²) >= 11 is 0. The van der Waals surface area contributed by atoms with E-state index >= 15 is 0 Å². The van der Waals surface area contributed by atoms with Crippen LogP contribution in [-0.2, 0) is 9.47 Å². The quantitative estimate of drug-likeness (QED) is 0.562. The van der Waals surface area contributed by atoms with E-state index in [9.17, 15) is 5.11 Å². The summed E-state index contributed by atoms with van der Waals surface area (Å²) in [6.07, 6.45) is 0.403. The first-order valence-corrected chi connectivity index (χ1v) is 6.96. The molecule has 0 amide bonds. The summed E-state index contributed by atoms with van der Waals surface area (Å²) in [5.41, 5.74) is 0. The van der Waals surface area contributed by atoms with Crippen LogP contribution >= 0.6 is 0 Å². The van der Waals surface area contributed by atoms with Gasteiger partial charge < -0.3 is 24.6 Å². The minimum atomic E-state index is -0.510. The molecule has 0 aromatic heterocycles. The van der Waals surface area contributed by atoms with Crippen molar-refractivity contribution in [1.29, 1.82) is 0 Å². The highest BCUT2D eigenvalue weighted by Crippen LogP contribution is 2.08. The van der Waals surface area contributed by atoms with Gasteiger partial charge in [0.05, 0.1) is 13.2 Å². The highest BCUT2D eigenvalue weighted by molar-refractivity contribution is 5.20. The predicted molar refractivity (Wildman–Crippen MR) is 78.1 cm³/mol. The standard InChI is InChI=1S/C15H25NO4/c1-18-10-11-19-9-5-8-16-12-14(17)13-20-15-6-3-2-4-7-15/h2-4,6-7,14,16-17H,5,8-13H2,1H3. The molecule has 1 aromatic carbocycles. The molecular formula is C15H25NO4. The van der Waals surface area contributed by atoms with Crippen molar-refractivity contribution in [2.45, 2.75) is 12.5 Å². The van der Waals surface area contributed by atoms with Gasteiger partial charge in [-0.25, -0.2) is 0 Å². The number of ether oxygens (including phenoxy) is 3. The van der Waals surface area contributed by atoms with Gasteiger partial charge in [0.15, 0.2) is 0 Å². The minimum absolute atomic E-state index is 0.293. The fraction of sp³-hybridized carbons (Fsp3) is 0.600. The van der Waals surface area contributed by atoms with Gasteiger partial charge in [-0.2, -0.15) is 0 Å². The lowest BCUT2D eigenvalue weighted by molar-refractivity contribution is 0.0683. The molecule has 0 bridgehead atoms. The van der Waals surface area contributed by atoms with E-state index in [0.29, 0.717) is 33.0 Å². The van der Waals surface area contributed by atoms with E-state index in [1.54, 1.807) is 7.11 Å². The van der Waals surface area contributed by atoms with Crippen LogP contribution in [0.25, 0.3) is 0 Å². The number of aliphatic hydroxyl groups is 1. The molecule has 114 valence electrons. The lowest BCUT2D eigenvalue weighted by Crippen LogP contribution is -2.32. The average molecular weight is 283 g/mol. The van der Waals surface area contributed by atoms with Crippen LogP contribution in [0.2, 0.25) is 0 Å². The lowest BCUT2D eigenvalue weighted by atomic mass is 10.3. The predicted octanol–water partition coefficient (Wildman–Crippen LogP) is 1.07. The first kappa shape index (κ1) is 16.9. The van der Waals surface area contributed by atoms with Crippen molar-refractivity contribution in [3.63, 3.8) is 0 Å². The number of aliphatic hydroxyl groups excluding tert-OH is 1. The van der Waals surface area contributed by atoms with Crippen molar-refractivity contribution in [3.8, 4) is 5.75 Å². The van der Waals surface area contributed by atoms with E-state index < -0.39 is 6.10 Å². The first-order valence-electron chi connectivity index (χ1n) is 6.96. The maximum atomic E-state index is 9.75. The van der Waals surface area contributed by atoms with Gasteiger partial charge in [0, 0.05) is 20.3 Å². The van der Waals surface area contributed by atoms with Crippen LogP contribution < -0.4 is 10.1 Å². The van der Waals surface area contributed by atoms with Gasteiger partial charge in [-0.15, -0.1) is 0 Å². The Balaban J connectivity index is 1.91. The van der Waals surface area contributed by atoms with Crippen molar-refractivity contribution >= 4 is 0 Å². The van der Waals surface area contributed by atoms with Crippen molar-refractivity contribution in [3.05, 3.63) is 30.3 Å². The molecule has 5 nitrogen and oxygen atoms in total. The molecule has 0 radical (unpaired) electrons. The summed E-state index contributed by atoms with van der Waals surface area (Å²) in [5, 5.41) is 12.9. The second kappa shape index (κ2) is 11.7. The van der Waals surface area contributed by atoms with Crippen LogP contribution in [0.5, 0.6) is 5.75 Å². The molecule has 1 rings (SSSR count). The van der Waals surface area contributed by atoms with E-state index in [0.717, 1.165) is 18.7 Å². The molecule has 0 aliphatic rings. The molecule has 1 aromatic rings. The second-order valence-electron chi connectivity index (χ2n) is 4.44. The van der Waals surface area contributed by atoms with Gasteiger partial charge in [-0.05, 0) is 25.1 Å². The Morgan fingerprint density at radius 1 is 1.15 bits per heavy atom. The summed E-state index contributed by atoms with van der Waals surface area (Å²) in [6, 6.07) is 9.49. The molecule has 1 unspecified atom stereocenters. The Bertz CT molecular complexity index is 321. The summed E-state index contributed by atoms with van der Waals surface area (Å²) in [4.78, 5) is 0. The van der Waals surface area contributed by atoms with Gasteiger partial charge in [0.1, 0.15) is 18.5 Å². The molecule has 0 spiro atoms. The number of benzene rings is 1. The molecule has 0 aliphatic heterocycles. The van der Waals surface area contributed by atoms with Gasteiger partial charge in [0.2, 0.25) is 0 Å². The van der Waals surface area contributed by atoms with Crippen LogP contribution in [0.1, 0.15) is 6.42 Å². The van der Waals surface area contributed by atoms with Crippen LogP contribution in [0, 0.1) is 0 Å². The van der Waals surface area contributed by atoms with Crippen LogP contribution in [0.15, 0.2) is 30.3 Å². The smallest absolute Gasteiger partial charge is 0.119 e. The minimum Gasteiger partial charge on any atom is -0.491 e. The third kappa shape index (κ3) is 8.87. The molecule has 1 atom stereocenters. The second-order valence-corrected chi connectivity index (χ2v) is 4.44. The first-order chi connectivity index (χ1) is 9.83. The third-order valence-corrected chi connectivity index (χ3v) is 2.64. The molecule has 20 heavy (non-hydrogen) atoms. The van der Waals surface area contributed by atoms with E-state index in [-0.39, 0.29) is 0 Å². The van der Waals surface area contributed by atoms with Crippen molar-refractivity contribution in [2.24, 2.45) is 0 Å².